The van der Waals surface area contributed by atoms with Crippen LogP contribution in [-0.4, -0.2) is 66.6 Å². The molecule has 2 saturated heterocycles. The van der Waals surface area contributed by atoms with Crippen molar-refractivity contribution in [2.24, 2.45) is 17.3 Å². The largest absolute Gasteiger partial charge is 0.497 e. The van der Waals surface area contributed by atoms with Crippen LogP contribution in [0.4, 0.5) is 0 Å². The summed E-state index contributed by atoms with van der Waals surface area (Å²) in [5.41, 5.74) is -0.232. The molecule has 6 heteroatoms. The summed E-state index contributed by atoms with van der Waals surface area (Å²) in [4.78, 5) is 29.0. The molecule has 6 nitrogen and oxygen atoms in total. The summed E-state index contributed by atoms with van der Waals surface area (Å²) in [7, 11) is 1.59. The van der Waals surface area contributed by atoms with Gasteiger partial charge in [-0.3, -0.25) is 9.59 Å². The number of benzene rings is 1. The highest BCUT2D eigenvalue weighted by Crippen LogP contribution is 2.44. The number of carbonyl (C=O) groups is 2. The molecule has 1 aliphatic carbocycles. The summed E-state index contributed by atoms with van der Waals surface area (Å²) in [5.74, 6) is 0.601. The number of nitrogens with zero attached hydrogens (tertiary/aromatic N) is 2. The Morgan fingerprint density at radius 1 is 1.19 bits per heavy atom. The number of rotatable bonds is 5. The molecular weight excluding hydrogens is 332 g/mol. The van der Waals surface area contributed by atoms with E-state index >= 15 is 0 Å². The van der Waals surface area contributed by atoms with Crippen molar-refractivity contribution >= 4 is 11.9 Å². The average Bonchev–Trinajstić information content (AvgIpc) is 3.12. The van der Waals surface area contributed by atoms with Crippen molar-refractivity contribution in [3.63, 3.8) is 0 Å². The summed E-state index contributed by atoms with van der Waals surface area (Å²) >= 11 is 0. The molecular formula is C20H26N2O4. The number of hydrogen-bond acceptors (Lipinski definition) is 4. The maximum atomic E-state index is 12.8. The number of carboxylic acid groups (broad SMARTS) is 1. The Kier molecular flexibility index (Phi) is 4.39. The smallest absolute Gasteiger partial charge is 0.313 e. The number of fused-ring (bicyclic) bond motifs is 1. The molecule has 3 aliphatic rings. The van der Waals surface area contributed by atoms with Crippen LogP contribution in [0.2, 0.25) is 0 Å². The zero-order chi connectivity index (χ0) is 18.3. The molecule has 0 radical (unpaired) electrons. The van der Waals surface area contributed by atoms with Gasteiger partial charge in [-0.05, 0) is 43.0 Å². The lowest BCUT2D eigenvalue weighted by molar-refractivity contribution is -0.148. The highest BCUT2D eigenvalue weighted by molar-refractivity contribution is 5.95. The lowest BCUT2D eigenvalue weighted by Crippen LogP contribution is -2.43. The fraction of sp³-hybridized carbons (Fsp3) is 0.600. The van der Waals surface area contributed by atoms with Gasteiger partial charge in [0.2, 0.25) is 0 Å². The Labute approximate surface area is 153 Å². The van der Waals surface area contributed by atoms with Crippen LogP contribution in [0.1, 0.15) is 29.6 Å². The summed E-state index contributed by atoms with van der Waals surface area (Å²) < 4.78 is 5.13. The molecule has 0 spiro atoms. The molecule has 3 fully saturated rings. The van der Waals surface area contributed by atoms with Gasteiger partial charge in [-0.2, -0.15) is 0 Å². The van der Waals surface area contributed by atoms with Gasteiger partial charge in [0, 0.05) is 44.2 Å². The molecule has 0 aromatic heterocycles. The van der Waals surface area contributed by atoms with Gasteiger partial charge >= 0.3 is 5.97 Å². The number of methoxy groups -OCH3 is 1. The van der Waals surface area contributed by atoms with Crippen LogP contribution in [-0.2, 0) is 4.79 Å². The fourth-order valence-corrected chi connectivity index (χ4v) is 4.72. The van der Waals surface area contributed by atoms with Crippen molar-refractivity contribution in [2.75, 3.05) is 39.8 Å². The van der Waals surface area contributed by atoms with Gasteiger partial charge in [-0.15, -0.1) is 0 Å². The van der Waals surface area contributed by atoms with Crippen LogP contribution in [0.25, 0.3) is 0 Å². The predicted molar refractivity (Wildman–Crippen MR) is 96.2 cm³/mol. The predicted octanol–water partition coefficient (Wildman–Crippen LogP) is 1.95. The minimum atomic E-state index is -0.814. The number of hydrogen-bond donors (Lipinski definition) is 1. The van der Waals surface area contributed by atoms with Crippen molar-refractivity contribution in [3.8, 4) is 5.75 Å². The number of likely N-dealkylation sites (tertiary alicyclic amines) is 2. The fourth-order valence-electron chi connectivity index (χ4n) is 4.72. The van der Waals surface area contributed by atoms with Crippen LogP contribution in [0.3, 0.4) is 0 Å². The quantitative estimate of drug-likeness (QED) is 0.871. The van der Waals surface area contributed by atoms with Crippen LogP contribution in [0.15, 0.2) is 24.3 Å². The van der Waals surface area contributed by atoms with Gasteiger partial charge in [0.05, 0.1) is 7.11 Å². The van der Waals surface area contributed by atoms with Gasteiger partial charge in [0.1, 0.15) is 11.2 Å². The number of carbonyl (C=O) groups excluding carboxylic acids is 1. The third-order valence-electron chi connectivity index (χ3n) is 6.47. The van der Waals surface area contributed by atoms with E-state index in [0.717, 1.165) is 19.0 Å². The summed E-state index contributed by atoms with van der Waals surface area (Å²) in [6.45, 7) is 3.19. The first-order valence-corrected chi connectivity index (χ1v) is 9.41. The Hall–Kier alpha value is -2.08. The van der Waals surface area contributed by atoms with Gasteiger partial charge < -0.3 is 19.6 Å². The summed E-state index contributed by atoms with van der Waals surface area (Å²) in [6, 6.07) is 7.01. The molecule has 1 aromatic rings. The molecule has 0 unspecified atom stereocenters. The summed E-state index contributed by atoms with van der Waals surface area (Å²) in [5, 5.41) is 9.95. The van der Waals surface area contributed by atoms with E-state index in [1.54, 1.807) is 36.3 Å². The summed E-state index contributed by atoms with van der Waals surface area (Å²) in [6.07, 6.45) is 3.84. The molecule has 26 heavy (non-hydrogen) atoms. The second kappa shape index (κ2) is 6.58. The van der Waals surface area contributed by atoms with Gasteiger partial charge in [-0.25, -0.2) is 0 Å². The van der Waals surface area contributed by atoms with Crippen molar-refractivity contribution in [2.45, 2.75) is 19.3 Å². The van der Waals surface area contributed by atoms with Gasteiger partial charge in [-0.1, -0.05) is 6.42 Å². The first-order chi connectivity index (χ1) is 12.5. The topological polar surface area (TPSA) is 70.1 Å². The Morgan fingerprint density at radius 3 is 2.46 bits per heavy atom. The Morgan fingerprint density at radius 2 is 1.92 bits per heavy atom. The standard InChI is InChI=1S/C20H26N2O4/c1-26-17-7-5-15(6-8-17)18(23)22-11-16-10-21(9-14-3-2-4-14)12-20(16,13-22)19(24)25/h5-8,14,16H,2-4,9-13H2,1H3,(H,24,25)/t16-,20-/m1/s1. The molecule has 2 atom stereocenters. The van der Waals surface area contributed by atoms with E-state index in [-0.39, 0.29) is 11.8 Å². The van der Waals surface area contributed by atoms with Crippen LogP contribution in [0.5, 0.6) is 5.75 Å². The second-order valence-corrected chi connectivity index (χ2v) is 8.06. The van der Waals surface area contributed by atoms with Crippen molar-refractivity contribution in [1.29, 1.82) is 0 Å². The maximum Gasteiger partial charge on any atom is 0.313 e. The van der Waals surface area contributed by atoms with E-state index in [2.05, 4.69) is 4.90 Å². The van der Waals surface area contributed by atoms with Crippen LogP contribution in [0, 0.1) is 17.3 Å². The third kappa shape index (κ3) is 2.86. The minimum Gasteiger partial charge on any atom is -0.497 e. The molecule has 0 bridgehead atoms. The lowest BCUT2D eigenvalue weighted by atomic mass is 9.81. The first kappa shape index (κ1) is 17.3. The zero-order valence-electron chi connectivity index (χ0n) is 15.2. The normalized spacial score (nSPS) is 28.7. The molecule has 1 aromatic carbocycles. The number of amides is 1. The second-order valence-electron chi connectivity index (χ2n) is 8.06. The Bertz CT molecular complexity index is 700. The molecule has 1 saturated carbocycles. The van der Waals surface area contributed by atoms with E-state index in [1.807, 2.05) is 0 Å². The molecule has 4 rings (SSSR count). The van der Waals surface area contributed by atoms with Gasteiger partial charge in [0.15, 0.2) is 0 Å². The number of carboxylic acids is 1. The van der Waals surface area contributed by atoms with Crippen molar-refractivity contribution < 1.29 is 19.4 Å². The molecule has 2 heterocycles. The molecule has 1 amide bonds. The molecule has 1 N–H and O–H groups in total. The van der Waals surface area contributed by atoms with Crippen LogP contribution >= 0.6 is 0 Å². The highest BCUT2D eigenvalue weighted by atomic mass is 16.5. The average molecular weight is 358 g/mol. The Balaban J connectivity index is 1.46. The van der Waals surface area contributed by atoms with E-state index < -0.39 is 11.4 Å². The molecule has 2 aliphatic heterocycles. The highest BCUT2D eigenvalue weighted by Gasteiger charge is 2.58. The van der Waals surface area contributed by atoms with E-state index in [0.29, 0.717) is 30.9 Å². The van der Waals surface area contributed by atoms with Crippen LogP contribution < -0.4 is 4.74 Å². The minimum absolute atomic E-state index is 0.0160. The number of aliphatic carboxylic acids is 1. The van der Waals surface area contributed by atoms with Crippen molar-refractivity contribution in [1.82, 2.24) is 9.80 Å². The zero-order valence-corrected chi connectivity index (χ0v) is 15.2. The molecule has 140 valence electrons. The first-order valence-electron chi connectivity index (χ1n) is 9.41. The van der Waals surface area contributed by atoms with Gasteiger partial charge in [0.25, 0.3) is 5.91 Å². The van der Waals surface area contributed by atoms with E-state index in [9.17, 15) is 14.7 Å². The van der Waals surface area contributed by atoms with E-state index in [1.165, 1.54) is 19.3 Å². The maximum absolute atomic E-state index is 12.8. The van der Waals surface area contributed by atoms with E-state index in [4.69, 9.17) is 4.74 Å². The SMILES string of the molecule is COc1ccc(C(=O)N2C[C@H]3CN(CC4CCC4)C[C@@]3(C(=O)O)C2)cc1. The monoisotopic (exact) mass is 358 g/mol. The lowest BCUT2D eigenvalue weighted by Gasteiger charge is -2.31. The van der Waals surface area contributed by atoms with Crippen molar-refractivity contribution in [3.05, 3.63) is 29.8 Å². The third-order valence-corrected chi connectivity index (χ3v) is 6.47. The number of ether oxygens (including phenoxy) is 1.